The van der Waals surface area contributed by atoms with E-state index in [4.69, 9.17) is 4.52 Å². The molecule has 0 saturated carbocycles. The van der Waals surface area contributed by atoms with Gasteiger partial charge in [0.1, 0.15) is 0 Å². The SMILES string of the molecule is CCCSP(=O)(OCC)N(C=Nc1ccc(S(=O)CCC)cc1)CC(C)C. The molecule has 0 saturated heterocycles. The van der Waals surface area contributed by atoms with E-state index in [-0.39, 0.29) is 0 Å². The van der Waals surface area contributed by atoms with Gasteiger partial charge in [0.15, 0.2) is 0 Å². The minimum Gasteiger partial charge on any atom is -0.306 e. The Balaban J connectivity index is 3.00. The summed E-state index contributed by atoms with van der Waals surface area (Å²) in [6, 6.07) is 7.38. The van der Waals surface area contributed by atoms with Gasteiger partial charge in [0.2, 0.25) is 0 Å². The first-order valence-electron chi connectivity index (χ1n) is 9.55. The second-order valence-corrected chi connectivity index (χ2v) is 12.6. The van der Waals surface area contributed by atoms with Crippen LogP contribution in [0.3, 0.4) is 0 Å². The highest BCUT2D eigenvalue weighted by atomic mass is 32.7. The van der Waals surface area contributed by atoms with Crippen LogP contribution in [0.1, 0.15) is 47.5 Å². The maximum absolute atomic E-state index is 13.4. The first kappa shape index (κ1) is 24.4. The van der Waals surface area contributed by atoms with Gasteiger partial charge in [-0.25, -0.2) is 4.99 Å². The molecule has 0 aromatic heterocycles. The smallest absolute Gasteiger partial charge is 0.306 e. The van der Waals surface area contributed by atoms with Crippen molar-refractivity contribution in [1.29, 1.82) is 0 Å². The fourth-order valence-electron chi connectivity index (χ4n) is 2.26. The number of aliphatic imine (C=N–C) groups is 1. The van der Waals surface area contributed by atoms with Gasteiger partial charge in [-0.05, 0) is 61.3 Å². The highest BCUT2D eigenvalue weighted by molar-refractivity contribution is 8.55. The lowest BCUT2D eigenvalue weighted by atomic mass is 10.2. The van der Waals surface area contributed by atoms with Crippen LogP contribution in [0.5, 0.6) is 0 Å². The van der Waals surface area contributed by atoms with Crippen molar-refractivity contribution < 1.29 is 13.3 Å². The van der Waals surface area contributed by atoms with Crippen molar-refractivity contribution in [2.75, 3.05) is 24.7 Å². The molecule has 0 fully saturated rings. The molecule has 2 atom stereocenters. The third-order valence-corrected chi connectivity index (χ3v) is 9.89. The Bertz CT molecular complexity index is 651. The van der Waals surface area contributed by atoms with E-state index < -0.39 is 17.5 Å². The van der Waals surface area contributed by atoms with Crippen molar-refractivity contribution in [2.45, 2.75) is 52.4 Å². The Morgan fingerprint density at radius 2 is 1.89 bits per heavy atom. The molecule has 0 N–H and O–H groups in total. The lowest BCUT2D eigenvalue weighted by Gasteiger charge is -2.29. The molecule has 0 bridgehead atoms. The van der Waals surface area contributed by atoms with E-state index in [2.05, 4.69) is 25.8 Å². The summed E-state index contributed by atoms with van der Waals surface area (Å²) >= 11 is 1.37. The van der Waals surface area contributed by atoms with Crippen molar-refractivity contribution in [1.82, 2.24) is 4.67 Å². The van der Waals surface area contributed by atoms with E-state index in [1.54, 1.807) is 11.0 Å². The second-order valence-electron chi connectivity index (χ2n) is 6.52. The Kier molecular flexibility index (Phi) is 11.5. The molecule has 27 heavy (non-hydrogen) atoms. The van der Waals surface area contributed by atoms with E-state index in [0.29, 0.717) is 24.8 Å². The van der Waals surface area contributed by atoms with Gasteiger partial charge in [-0.15, -0.1) is 0 Å². The summed E-state index contributed by atoms with van der Waals surface area (Å²) in [6.45, 7) is 8.10. The zero-order valence-corrected chi connectivity index (χ0v) is 19.6. The molecule has 2 unspecified atom stereocenters. The van der Waals surface area contributed by atoms with Gasteiger partial charge >= 0.3 is 6.72 Å². The molecule has 0 amide bonds. The molecule has 1 rings (SSSR count). The van der Waals surface area contributed by atoms with Gasteiger partial charge in [0.05, 0.1) is 29.4 Å². The highest BCUT2D eigenvalue weighted by Gasteiger charge is 2.31. The van der Waals surface area contributed by atoms with Gasteiger partial charge in [-0.2, -0.15) is 0 Å². The predicted molar refractivity (Wildman–Crippen MR) is 120 cm³/mol. The van der Waals surface area contributed by atoms with E-state index in [1.165, 1.54) is 11.4 Å². The number of hydrogen-bond donors (Lipinski definition) is 0. The highest BCUT2D eigenvalue weighted by Crippen LogP contribution is 2.62. The van der Waals surface area contributed by atoms with Gasteiger partial charge < -0.3 is 4.52 Å². The van der Waals surface area contributed by atoms with E-state index >= 15 is 0 Å². The van der Waals surface area contributed by atoms with Gasteiger partial charge in [-0.1, -0.05) is 27.7 Å². The first-order chi connectivity index (χ1) is 12.9. The molecule has 5 nitrogen and oxygen atoms in total. The Morgan fingerprint density at radius 3 is 2.41 bits per heavy atom. The third kappa shape index (κ3) is 8.51. The van der Waals surface area contributed by atoms with Crippen LogP contribution >= 0.6 is 18.1 Å². The predicted octanol–water partition coefficient (Wildman–Crippen LogP) is 6.11. The zero-order chi connectivity index (χ0) is 20.3. The summed E-state index contributed by atoms with van der Waals surface area (Å²) in [5.74, 6) is 1.76. The summed E-state index contributed by atoms with van der Waals surface area (Å²) in [7, 11) is -0.963. The molecule has 0 heterocycles. The number of hydrogen-bond acceptors (Lipinski definition) is 5. The molecular weight excluding hydrogens is 399 g/mol. The standard InChI is InChI=1S/C19H33N2O3PS2/c1-6-13-26-25(22,24-8-3)21(15-17(4)5)16-20-18-9-11-19(12-10-18)27(23)14-7-2/h9-12,16-17H,6-8,13-15H2,1-5H3. The normalized spacial score (nSPS) is 15.2. The Hall–Kier alpha value is -0.620. The maximum atomic E-state index is 13.4. The Morgan fingerprint density at radius 1 is 1.22 bits per heavy atom. The number of nitrogens with zero attached hydrogens (tertiary/aromatic N) is 2. The molecule has 0 aliphatic rings. The van der Waals surface area contributed by atoms with Gasteiger partial charge in [-0.3, -0.25) is 13.4 Å². The summed E-state index contributed by atoms with van der Waals surface area (Å²) in [6.07, 6.45) is 3.46. The molecule has 0 aliphatic heterocycles. The van der Waals surface area contributed by atoms with Crippen molar-refractivity contribution in [3.05, 3.63) is 24.3 Å². The van der Waals surface area contributed by atoms with Crippen molar-refractivity contribution in [3.63, 3.8) is 0 Å². The quantitative estimate of drug-likeness (QED) is 0.214. The number of rotatable bonds is 13. The molecule has 0 spiro atoms. The lowest BCUT2D eigenvalue weighted by molar-refractivity contribution is 0.311. The van der Waals surface area contributed by atoms with Crippen LogP contribution in [-0.2, 0) is 19.9 Å². The number of benzene rings is 1. The van der Waals surface area contributed by atoms with Crippen LogP contribution in [-0.4, -0.2) is 39.9 Å². The monoisotopic (exact) mass is 432 g/mol. The van der Waals surface area contributed by atoms with Crippen LogP contribution in [0.2, 0.25) is 0 Å². The van der Waals surface area contributed by atoms with Crippen molar-refractivity contribution in [2.24, 2.45) is 10.9 Å². The molecule has 0 radical (unpaired) electrons. The van der Waals surface area contributed by atoms with E-state index in [1.807, 2.05) is 38.1 Å². The fourth-order valence-corrected chi connectivity index (χ4v) is 7.67. The fraction of sp³-hybridized carbons (Fsp3) is 0.632. The first-order valence-corrected chi connectivity index (χ1v) is 14.0. The third-order valence-electron chi connectivity index (χ3n) is 3.45. The van der Waals surface area contributed by atoms with E-state index in [9.17, 15) is 8.77 Å². The summed E-state index contributed by atoms with van der Waals surface area (Å²) < 4.78 is 32.9. The summed E-state index contributed by atoms with van der Waals surface area (Å²) in [4.78, 5) is 5.31. The van der Waals surface area contributed by atoms with Gasteiger partial charge in [0, 0.05) is 22.9 Å². The maximum Gasteiger partial charge on any atom is 0.354 e. The molecule has 1 aromatic carbocycles. The van der Waals surface area contributed by atoms with Crippen LogP contribution in [0.25, 0.3) is 0 Å². The van der Waals surface area contributed by atoms with Crippen molar-refractivity contribution in [3.8, 4) is 0 Å². The molecule has 8 heteroatoms. The average molecular weight is 433 g/mol. The van der Waals surface area contributed by atoms with Gasteiger partial charge in [0.25, 0.3) is 0 Å². The minimum absolute atomic E-state index is 0.325. The molecule has 1 aromatic rings. The lowest BCUT2D eigenvalue weighted by Crippen LogP contribution is -2.23. The van der Waals surface area contributed by atoms with Crippen LogP contribution in [0.15, 0.2) is 34.2 Å². The van der Waals surface area contributed by atoms with Crippen LogP contribution in [0, 0.1) is 5.92 Å². The topological polar surface area (TPSA) is 59.0 Å². The second kappa shape index (κ2) is 12.8. The van der Waals surface area contributed by atoms with Crippen molar-refractivity contribution >= 4 is 40.9 Å². The largest absolute Gasteiger partial charge is 0.354 e. The van der Waals surface area contributed by atoms with Crippen LogP contribution in [0.4, 0.5) is 5.69 Å². The molecule has 154 valence electrons. The summed E-state index contributed by atoms with van der Waals surface area (Å²) in [5.41, 5.74) is 0.740. The van der Waals surface area contributed by atoms with E-state index in [0.717, 1.165) is 29.2 Å². The minimum atomic E-state index is -3.02. The van der Waals surface area contributed by atoms with Crippen LogP contribution < -0.4 is 0 Å². The molecule has 0 aliphatic carbocycles. The Labute approximate surface area is 171 Å². The summed E-state index contributed by atoms with van der Waals surface area (Å²) in [5, 5.41) is 0. The molecular formula is C19H33N2O3PS2. The zero-order valence-electron chi connectivity index (χ0n) is 17.1. The average Bonchev–Trinajstić information content (AvgIpc) is 2.64.